The van der Waals surface area contributed by atoms with Gasteiger partial charge in [0, 0.05) is 0 Å². The van der Waals surface area contributed by atoms with Crippen LogP contribution in [0.1, 0.15) is 0 Å². The molecule has 0 radical (unpaired) electrons. The molecule has 0 atom stereocenters. The Kier molecular flexibility index (Phi) is 1.76. The Morgan fingerprint density at radius 2 is 1.58 bits per heavy atom. The fourth-order valence-electron chi connectivity index (χ4n) is 0.654. The van der Waals surface area contributed by atoms with E-state index in [1.165, 1.54) is 12.7 Å². The number of H-pyrrole nitrogens is 2. The second-order valence-corrected chi connectivity index (χ2v) is 3.10. The number of nitrogens with one attached hydrogen (secondary N) is 2. The predicted octanol–water partition coefficient (Wildman–Crippen LogP) is -0.911. The second kappa shape index (κ2) is 2.91. The van der Waals surface area contributed by atoms with Gasteiger partial charge in [0.25, 0.3) is 0 Å². The van der Waals surface area contributed by atoms with Crippen LogP contribution in [0.15, 0.2) is 23.0 Å². The van der Waals surface area contributed by atoms with Crippen LogP contribution in [0.3, 0.4) is 0 Å². The molecular formula is C4H4N6OS. The molecule has 2 heterocycles. The molecule has 2 N–H and O–H groups in total. The fourth-order valence-corrected chi connectivity index (χ4v) is 1.39. The third-order valence-corrected chi connectivity index (χ3v) is 2.17. The van der Waals surface area contributed by atoms with E-state index in [9.17, 15) is 4.55 Å². The summed E-state index contributed by atoms with van der Waals surface area (Å²) in [6.45, 7) is 0. The van der Waals surface area contributed by atoms with Crippen molar-refractivity contribution in [3.8, 4) is 0 Å². The molecule has 2 rings (SSSR count). The van der Waals surface area contributed by atoms with Crippen LogP contribution < -0.4 is 0 Å². The summed E-state index contributed by atoms with van der Waals surface area (Å²) in [7, 11) is 0. The van der Waals surface area contributed by atoms with Crippen LogP contribution in [0.25, 0.3) is 0 Å². The minimum atomic E-state index is -1.49. The van der Waals surface area contributed by atoms with Gasteiger partial charge in [-0.15, -0.1) is 10.2 Å². The Balaban J connectivity index is 2.27. The predicted molar refractivity (Wildman–Crippen MR) is 37.4 cm³/mol. The first-order valence-corrected chi connectivity index (χ1v) is 4.16. The molecule has 0 fully saturated rings. The quantitative estimate of drug-likeness (QED) is 0.587. The molecule has 0 unspecified atom stereocenters. The maximum atomic E-state index is 11.4. The normalized spacial score (nSPS) is 10.8. The molecule has 2 aromatic rings. The van der Waals surface area contributed by atoms with Gasteiger partial charge in [0.1, 0.15) is 23.8 Å². The molecule has 8 heteroatoms. The summed E-state index contributed by atoms with van der Waals surface area (Å²) >= 11 is -1.49. The molecule has 0 spiro atoms. The molecule has 62 valence electrons. The molecule has 0 bridgehead atoms. The van der Waals surface area contributed by atoms with Crippen LogP contribution in [-0.4, -0.2) is 34.9 Å². The van der Waals surface area contributed by atoms with Crippen LogP contribution in [0.4, 0.5) is 0 Å². The van der Waals surface area contributed by atoms with Gasteiger partial charge in [-0.05, 0) is 0 Å². The van der Waals surface area contributed by atoms with Crippen molar-refractivity contribution >= 4 is 11.2 Å². The van der Waals surface area contributed by atoms with Crippen LogP contribution in [-0.2, 0) is 11.2 Å². The SMILES string of the molecule is [O-][S+](c1nc[nH]n1)c1nc[nH]n1. The highest BCUT2D eigenvalue weighted by molar-refractivity contribution is 7.91. The number of hydrogen-bond donors (Lipinski definition) is 2. The van der Waals surface area contributed by atoms with E-state index in [0.29, 0.717) is 0 Å². The minimum Gasteiger partial charge on any atom is -0.601 e. The Morgan fingerprint density at radius 1 is 1.08 bits per heavy atom. The van der Waals surface area contributed by atoms with E-state index in [4.69, 9.17) is 0 Å². The van der Waals surface area contributed by atoms with E-state index in [2.05, 4.69) is 30.4 Å². The van der Waals surface area contributed by atoms with Crippen LogP contribution in [0, 0.1) is 0 Å². The number of rotatable bonds is 2. The van der Waals surface area contributed by atoms with Gasteiger partial charge in [-0.1, -0.05) is 0 Å². The number of nitrogens with zero attached hydrogens (tertiary/aromatic N) is 4. The highest BCUT2D eigenvalue weighted by Crippen LogP contribution is 2.09. The summed E-state index contributed by atoms with van der Waals surface area (Å²) in [5.74, 6) is 0. The van der Waals surface area contributed by atoms with Crippen molar-refractivity contribution in [2.24, 2.45) is 0 Å². The van der Waals surface area contributed by atoms with Gasteiger partial charge in [0.2, 0.25) is 0 Å². The first-order chi connectivity index (χ1) is 5.88. The van der Waals surface area contributed by atoms with Gasteiger partial charge in [-0.25, -0.2) is 0 Å². The Bertz CT molecular complexity index is 296. The first-order valence-electron chi connectivity index (χ1n) is 3.01. The fraction of sp³-hybridized carbons (Fsp3) is 0. The van der Waals surface area contributed by atoms with Crippen molar-refractivity contribution in [2.45, 2.75) is 10.3 Å². The van der Waals surface area contributed by atoms with Crippen molar-refractivity contribution < 1.29 is 4.55 Å². The zero-order chi connectivity index (χ0) is 8.39. The number of hydrogen-bond acceptors (Lipinski definition) is 5. The topological polar surface area (TPSA) is 106 Å². The lowest BCUT2D eigenvalue weighted by Gasteiger charge is -1.96. The van der Waals surface area contributed by atoms with Crippen molar-refractivity contribution in [2.75, 3.05) is 0 Å². The summed E-state index contributed by atoms with van der Waals surface area (Å²) < 4.78 is 11.4. The van der Waals surface area contributed by atoms with E-state index in [1.54, 1.807) is 0 Å². The zero-order valence-electron chi connectivity index (χ0n) is 5.76. The van der Waals surface area contributed by atoms with Crippen molar-refractivity contribution in [3.63, 3.8) is 0 Å². The van der Waals surface area contributed by atoms with Gasteiger partial charge in [-0.2, -0.15) is 9.97 Å². The summed E-state index contributed by atoms with van der Waals surface area (Å²) in [5, 5.41) is 12.5. The lowest BCUT2D eigenvalue weighted by atomic mass is 11.3. The molecule has 2 aromatic heterocycles. The molecular weight excluding hydrogens is 180 g/mol. The number of aromatic nitrogens is 6. The lowest BCUT2D eigenvalue weighted by Crippen LogP contribution is -2.06. The molecule has 0 amide bonds. The van der Waals surface area contributed by atoms with E-state index < -0.39 is 11.2 Å². The molecule has 0 aliphatic heterocycles. The van der Waals surface area contributed by atoms with Crippen LogP contribution in [0.5, 0.6) is 0 Å². The second-order valence-electron chi connectivity index (χ2n) is 1.83. The van der Waals surface area contributed by atoms with Crippen molar-refractivity contribution in [1.29, 1.82) is 0 Å². The summed E-state index contributed by atoms with van der Waals surface area (Å²) in [6.07, 6.45) is 2.69. The average Bonchev–Trinajstić information content (AvgIpc) is 2.77. The lowest BCUT2D eigenvalue weighted by molar-refractivity contribution is 0.578. The molecule has 0 aromatic carbocycles. The highest BCUT2D eigenvalue weighted by Gasteiger charge is 2.22. The van der Waals surface area contributed by atoms with Gasteiger partial charge in [0.15, 0.2) is 0 Å². The van der Waals surface area contributed by atoms with E-state index in [1.807, 2.05) is 0 Å². The monoisotopic (exact) mass is 184 g/mol. The summed E-state index contributed by atoms with van der Waals surface area (Å²) in [5.41, 5.74) is 0. The highest BCUT2D eigenvalue weighted by atomic mass is 32.2. The van der Waals surface area contributed by atoms with Gasteiger partial charge >= 0.3 is 10.3 Å². The Hall–Kier alpha value is -1.41. The maximum Gasteiger partial charge on any atom is 0.370 e. The number of aromatic amines is 2. The van der Waals surface area contributed by atoms with E-state index in [0.717, 1.165) is 0 Å². The Morgan fingerprint density at radius 3 is 1.92 bits per heavy atom. The summed E-state index contributed by atoms with van der Waals surface area (Å²) in [6, 6.07) is 0. The summed E-state index contributed by atoms with van der Waals surface area (Å²) in [4.78, 5) is 7.42. The van der Waals surface area contributed by atoms with Gasteiger partial charge in [-0.3, -0.25) is 10.2 Å². The standard InChI is InChI=1S/C4H4N6OS/c11-12(3-5-1-7-9-3)4-6-2-8-10-4/h1-2H,(H,5,7,9)(H,6,8,10). The smallest absolute Gasteiger partial charge is 0.370 e. The van der Waals surface area contributed by atoms with Gasteiger partial charge in [0.05, 0.1) is 0 Å². The third kappa shape index (κ3) is 1.17. The zero-order valence-corrected chi connectivity index (χ0v) is 6.58. The van der Waals surface area contributed by atoms with E-state index >= 15 is 0 Å². The molecule has 0 saturated heterocycles. The average molecular weight is 184 g/mol. The van der Waals surface area contributed by atoms with Gasteiger partial charge < -0.3 is 4.55 Å². The molecule has 12 heavy (non-hydrogen) atoms. The van der Waals surface area contributed by atoms with Crippen LogP contribution in [0.2, 0.25) is 0 Å². The molecule has 0 saturated carbocycles. The van der Waals surface area contributed by atoms with Crippen molar-refractivity contribution in [1.82, 2.24) is 30.4 Å². The third-order valence-electron chi connectivity index (χ3n) is 1.12. The minimum absolute atomic E-state index is 0.176. The molecule has 0 aliphatic carbocycles. The van der Waals surface area contributed by atoms with Crippen LogP contribution >= 0.6 is 0 Å². The van der Waals surface area contributed by atoms with Crippen molar-refractivity contribution in [3.05, 3.63) is 12.7 Å². The van der Waals surface area contributed by atoms with E-state index in [-0.39, 0.29) is 10.3 Å². The Labute approximate surface area is 69.8 Å². The maximum absolute atomic E-state index is 11.4. The first kappa shape index (κ1) is 7.25. The largest absolute Gasteiger partial charge is 0.601 e. The molecule has 7 nitrogen and oxygen atoms in total. The molecule has 0 aliphatic rings.